The topological polar surface area (TPSA) is 60.9 Å². The lowest BCUT2D eigenvalue weighted by Gasteiger charge is -2.08. The maximum atomic E-state index is 11.9. The Morgan fingerprint density at radius 2 is 2.25 bits per heavy atom. The van der Waals surface area contributed by atoms with Crippen LogP contribution in [0.25, 0.3) is 21.8 Å². The Kier molecular flexibility index (Phi) is 1.77. The molecule has 2 heterocycles. The molecule has 0 radical (unpaired) electrons. The van der Waals surface area contributed by atoms with E-state index >= 15 is 0 Å². The van der Waals surface area contributed by atoms with Crippen molar-refractivity contribution < 1.29 is 0 Å². The van der Waals surface area contributed by atoms with Crippen LogP contribution < -0.4 is 11.2 Å². The Balaban J connectivity index is 2.81. The van der Waals surface area contributed by atoms with Gasteiger partial charge < -0.3 is 10.3 Å². The van der Waals surface area contributed by atoms with E-state index in [-0.39, 0.29) is 11.1 Å². The quantitative estimate of drug-likeness (QED) is 0.638. The van der Waals surface area contributed by atoms with Crippen LogP contribution in [0.1, 0.15) is 0 Å². The number of pyridine rings is 1. The van der Waals surface area contributed by atoms with E-state index < -0.39 is 0 Å². The van der Waals surface area contributed by atoms with Gasteiger partial charge in [-0.05, 0) is 22.0 Å². The maximum absolute atomic E-state index is 11.9. The molecule has 80 valence electrons. The van der Waals surface area contributed by atoms with Gasteiger partial charge in [-0.15, -0.1) is 0 Å². The molecule has 0 aliphatic carbocycles. The van der Waals surface area contributed by atoms with Crippen LogP contribution >= 0.6 is 15.9 Å². The molecule has 1 aromatic carbocycles. The van der Waals surface area contributed by atoms with E-state index in [9.17, 15) is 4.79 Å². The van der Waals surface area contributed by atoms with Crippen molar-refractivity contribution in [2.75, 3.05) is 5.73 Å². The molecule has 0 aliphatic heterocycles. The summed E-state index contributed by atoms with van der Waals surface area (Å²) in [6, 6.07) is 1.93. The van der Waals surface area contributed by atoms with Gasteiger partial charge in [0, 0.05) is 30.2 Å². The highest BCUT2D eigenvalue weighted by atomic mass is 79.9. The van der Waals surface area contributed by atoms with E-state index in [2.05, 4.69) is 20.9 Å². The minimum absolute atomic E-state index is 0.208. The molecule has 0 amide bonds. The van der Waals surface area contributed by atoms with Gasteiger partial charge >= 0.3 is 0 Å². The summed E-state index contributed by atoms with van der Waals surface area (Å²) in [6.45, 7) is 0. The van der Waals surface area contributed by atoms with Gasteiger partial charge in [0.05, 0.1) is 15.7 Å². The molecule has 16 heavy (non-hydrogen) atoms. The average molecular weight is 278 g/mol. The fourth-order valence-corrected chi connectivity index (χ4v) is 2.67. The Bertz CT molecular complexity index is 763. The summed E-state index contributed by atoms with van der Waals surface area (Å²) < 4.78 is 2.57. The van der Waals surface area contributed by atoms with Crippen molar-refractivity contribution in [3.8, 4) is 0 Å². The van der Waals surface area contributed by atoms with Gasteiger partial charge in [-0.2, -0.15) is 0 Å². The second-order valence-corrected chi connectivity index (χ2v) is 4.56. The number of nitrogens with two attached hydrogens (primary N) is 1. The molecule has 0 aliphatic rings. The first-order valence-electron chi connectivity index (χ1n) is 4.75. The molecule has 0 spiro atoms. The molecule has 0 unspecified atom stereocenters. The van der Waals surface area contributed by atoms with Crippen LogP contribution in [0.3, 0.4) is 0 Å². The van der Waals surface area contributed by atoms with Crippen molar-refractivity contribution in [2.24, 2.45) is 7.05 Å². The number of nitrogens with zero attached hydrogens (tertiary/aromatic N) is 2. The van der Waals surface area contributed by atoms with E-state index in [0.717, 1.165) is 16.3 Å². The molecule has 4 nitrogen and oxygen atoms in total. The van der Waals surface area contributed by atoms with E-state index in [4.69, 9.17) is 5.73 Å². The number of nitrogen functional groups attached to an aromatic ring is 1. The van der Waals surface area contributed by atoms with Crippen LogP contribution in [0.5, 0.6) is 0 Å². The SMILES string of the molecule is Cn1ccc2cnc3c(=O)c(N)c(Br)c1c23. The lowest BCUT2D eigenvalue weighted by Crippen LogP contribution is -2.11. The van der Waals surface area contributed by atoms with Crippen molar-refractivity contribution >= 4 is 43.4 Å². The summed E-state index contributed by atoms with van der Waals surface area (Å²) in [4.78, 5) is 16.0. The first kappa shape index (κ1) is 9.59. The number of aromatic nitrogens is 2. The van der Waals surface area contributed by atoms with Crippen LogP contribution in [0.4, 0.5) is 5.69 Å². The van der Waals surface area contributed by atoms with Crippen molar-refractivity contribution in [1.82, 2.24) is 9.55 Å². The molecular formula is C11H8BrN3O. The zero-order valence-corrected chi connectivity index (χ0v) is 10.1. The minimum atomic E-state index is -0.208. The highest BCUT2D eigenvalue weighted by Crippen LogP contribution is 2.32. The summed E-state index contributed by atoms with van der Waals surface area (Å²) >= 11 is 3.38. The number of anilines is 1. The molecule has 3 rings (SSSR count). The summed E-state index contributed by atoms with van der Waals surface area (Å²) in [5.41, 5.74) is 7.13. The molecule has 0 fully saturated rings. The predicted octanol–water partition coefficient (Wildman–Crippen LogP) is 1.87. The van der Waals surface area contributed by atoms with Gasteiger partial charge in [-0.3, -0.25) is 9.78 Å². The number of hydrogen-bond acceptors (Lipinski definition) is 3. The summed E-state index contributed by atoms with van der Waals surface area (Å²) in [5, 5.41) is 1.83. The first-order chi connectivity index (χ1) is 7.61. The van der Waals surface area contributed by atoms with Crippen molar-refractivity contribution in [3.05, 3.63) is 33.2 Å². The number of rotatable bonds is 0. The monoisotopic (exact) mass is 277 g/mol. The molecule has 2 N–H and O–H groups in total. The lowest BCUT2D eigenvalue weighted by atomic mass is 10.1. The Morgan fingerprint density at radius 3 is 3.00 bits per heavy atom. The molecule has 3 aromatic rings. The lowest BCUT2D eigenvalue weighted by molar-refractivity contribution is 0.954. The minimum Gasteiger partial charge on any atom is -0.395 e. The maximum Gasteiger partial charge on any atom is 0.228 e. The third-order valence-corrected chi connectivity index (χ3v) is 3.63. The smallest absolute Gasteiger partial charge is 0.228 e. The number of benzene rings is 1. The largest absolute Gasteiger partial charge is 0.395 e. The van der Waals surface area contributed by atoms with Crippen molar-refractivity contribution in [1.29, 1.82) is 0 Å². The number of hydrogen-bond donors (Lipinski definition) is 1. The summed E-state index contributed by atoms with van der Waals surface area (Å²) in [7, 11) is 1.91. The van der Waals surface area contributed by atoms with Gasteiger partial charge in [-0.25, -0.2) is 0 Å². The van der Waals surface area contributed by atoms with Crippen LogP contribution in [0.15, 0.2) is 27.7 Å². The standard InChI is InChI=1S/C11H8BrN3O/c1-15-3-2-5-4-14-9-6(5)10(15)7(12)8(13)11(9)16/h2-4H,13H2,1H3. The number of aryl methyl sites for hydroxylation is 1. The fourth-order valence-electron chi connectivity index (χ4n) is 2.01. The van der Waals surface area contributed by atoms with E-state index in [1.54, 1.807) is 6.20 Å². The van der Waals surface area contributed by atoms with Gasteiger partial charge in [0.15, 0.2) is 0 Å². The van der Waals surface area contributed by atoms with Crippen LogP contribution in [0.2, 0.25) is 0 Å². The van der Waals surface area contributed by atoms with Gasteiger partial charge in [0.1, 0.15) is 5.52 Å². The van der Waals surface area contributed by atoms with E-state index in [1.807, 2.05) is 23.9 Å². The normalized spacial score (nSPS) is 11.6. The predicted molar refractivity (Wildman–Crippen MR) is 67.8 cm³/mol. The Hall–Kier alpha value is -1.62. The van der Waals surface area contributed by atoms with E-state index in [1.165, 1.54) is 0 Å². The molecule has 2 aromatic heterocycles. The molecular weight excluding hydrogens is 270 g/mol. The summed E-state index contributed by atoms with van der Waals surface area (Å²) in [5.74, 6) is 0. The zero-order chi connectivity index (χ0) is 11.4. The second kappa shape index (κ2) is 2.95. The Labute approximate surface area is 99.2 Å². The van der Waals surface area contributed by atoms with Gasteiger partial charge in [0.25, 0.3) is 0 Å². The molecule has 0 saturated carbocycles. The van der Waals surface area contributed by atoms with Gasteiger partial charge in [-0.1, -0.05) is 0 Å². The third kappa shape index (κ3) is 0.983. The van der Waals surface area contributed by atoms with Gasteiger partial charge in [0.2, 0.25) is 5.43 Å². The zero-order valence-electron chi connectivity index (χ0n) is 8.49. The van der Waals surface area contributed by atoms with Crippen molar-refractivity contribution in [3.63, 3.8) is 0 Å². The van der Waals surface area contributed by atoms with Crippen LogP contribution in [-0.2, 0) is 7.05 Å². The van der Waals surface area contributed by atoms with Crippen LogP contribution in [-0.4, -0.2) is 9.55 Å². The highest BCUT2D eigenvalue weighted by Gasteiger charge is 2.16. The first-order valence-corrected chi connectivity index (χ1v) is 5.55. The molecule has 5 heteroatoms. The average Bonchev–Trinajstić information content (AvgIpc) is 2.68. The third-order valence-electron chi connectivity index (χ3n) is 2.83. The highest BCUT2D eigenvalue weighted by molar-refractivity contribution is 9.10. The molecule has 0 bridgehead atoms. The second-order valence-electron chi connectivity index (χ2n) is 3.77. The van der Waals surface area contributed by atoms with Crippen molar-refractivity contribution in [2.45, 2.75) is 0 Å². The van der Waals surface area contributed by atoms with E-state index in [0.29, 0.717) is 9.99 Å². The van der Waals surface area contributed by atoms with Crippen LogP contribution in [0, 0.1) is 0 Å². The molecule has 0 atom stereocenters. The summed E-state index contributed by atoms with van der Waals surface area (Å²) in [6.07, 6.45) is 3.62. The number of halogens is 1. The Morgan fingerprint density at radius 1 is 1.50 bits per heavy atom. The fraction of sp³-hybridized carbons (Fsp3) is 0.0909. The molecule has 0 saturated heterocycles.